The van der Waals surface area contributed by atoms with Gasteiger partial charge in [-0.2, -0.15) is 0 Å². The number of benzene rings is 1. The van der Waals surface area contributed by atoms with E-state index in [1.807, 2.05) is 13.1 Å². The smallest absolute Gasteiger partial charge is 0.127 e. The summed E-state index contributed by atoms with van der Waals surface area (Å²) in [4.78, 5) is 0. The third-order valence-electron chi connectivity index (χ3n) is 1.99. The van der Waals surface area contributed by atoms with E-state index in [-0.39, 0.29) is 5.82 Å². The molecule has 0 heterocycles. The number of hydrogen-bond donors (Lipinski definition) is 1. The standard InChI is InChI=1S/C12H14FN/c1-10-11(6-3-4-9-14-2)7-5-8-12(10)13/h5,7-8,14H,4,9H2,1-2H3. The van der Waals surface area contributed by atoms with Crippen molar-refractivity contribution in [3.8, 4) is 11.8 Å². The number of halogens is 1. The maximum Gasteiger partial charge on any atom is 0.127 e. The van der Waals surface area contributed by atoms with Gasteiger partial charge < -0.3 is 5.32 Å². The van der Waals surface area contributed by atoms with Crippen LogP contribution in [0.4, 0.5) is 4.39 Å². The van der Waals surface area contributed by atoms with E-state index in [0.717, 1.165) is 18.5 Å². The van der Waals surface area contributed by atoms with Crippen LogP contribution in [0.5, 0.6) is 0 Å². The summed E-state index contributed by atoms with van der Waals surface area (Å²) in [5.41, 5.74) is 1.41. The fourth-order valence-electron chi connectivity index (χ4n) is 1.09. The van der Waals surface area contributed by atoms with Crippen LogP contribution in [0.3, 0.4) is 0 Å². The molecular formula is C12H14FN. The largest absolute Gasteiger partial charge is 0.319 e. The molecule has 0 aliphatic heterocycles. The van der Waals surface area contributed by atoms with Crippen LogP contribution in [0.15, 0.2) is 18.2 Å². The molecule has 0 unspecified atom stereocenters. The van der Waals surface area contributed by atoms with Gasteiger partial charge in [-0.3, -0.25) is 0 Å². The Labute approximate surface area is 84.3 Å². The van der Waals surface area contributed by atoms with Crippen LogP contribution in [-0.4, -0.2) is 13.6 Å². The van der Waals surface area contributed by atoms with Crippen LogP contribution in [0.1, 0.15) is 17.5 Å². The van der Waals surface area contributed by atoms with E-state index in [9.17, 15) is 4.39 Å². The minimum absolute atomic E-state index is 0.189. The second-order valence-electron chi connectivity index (χ2n) is 3.07. The Balaban J connectivity index is 2.74. The van der Waals surface area contributed by atoms with Gasteiger partial charge in [0.15, 0.2) is 0 Å². The summed E-state index contributed by atoms with van der Waals surface area (Å²) in [6.07, 6.45) is 0.784. The van der Waals surface area contributed by atoms with Crippen molar-refractivity contribution in [2.24, 2.45) is 0 Å². The summed E-state index contributed by atoms with van der Waals surface area (Å²) in [5.74, 6) is 5.76. The summed E-state index contributed by atoms with van der Waals surface area (Å²) in [7, 11) is 1.88. The number of nitrogens with one attached hydrogen (secondary N) is 1. The fraction of sp³-hybridized carbons (Fsp3) is 0.333. The Kier molecular flexibility index (Phi) is 4.15. The van der Waals surface area contributed by atoms with Crippen LogP contribution >= 0.6 is 0 Å². The van der Waals surface area contributed by atoms with E-state index in [4.69, 9.17) is 0 Å². The summed E-state index contributed by atoms with van der Waals surface area (Å²) in [6, 6.07) is 4.98. The van der Waals surface area contributed by atoms with E-state index in [1.165, 1.54) is 6.07 Å². The highest BCUT2D eigenvalue weighted by Crippen LogP contribution is 2.10. The monoisotopic (exact) mass is 191 g/mol. The molecule has 14 heavy (non-hydrogen) atoms. The summed E-state index contributed by atoms with van der Waals surface area (Å²) >= 11 is 0. The molecule has 2 heteroatoms. The van der Waals surface area contributed by atoms with Crippen molar-refractivity contribution in [1.82, 2.24) is 5.32 Å². The third-order valence-corrected chi connectivity index (χ3v) is 1.99. The molecule has 0 bridgehead atoms. The van der Waals surface area contributed by atoms with Crippen molar-refractivity contribution in [1.29, 1.82) is 0 Å². The minimum Gasteiger partial charge on any atom is -0.319 e. The first-order chi connectivity index (χ1) is 6.75. The van der Waals surface area contributed by atoms with Crippen LogP contribution in [-0.2, 0) is 0 Å². The maximum atomic E-state index is 13.1. The molecule has 0 spiro atoms. The van der Waals surface area contributed by atoms with Crippen LogP contribution in [0.2, 0.25) is 0 Å². The van der Waals surface area contributed by atoms with E-state index in [0.29, 0.717) is 5.56 Å². The zero-order chi connectivity index (χ0) is 10.4. The van der Waals surface area contributed by atoms with Gasteiger partial charge in [-0.15, -0.1) is 0 Å². The average Bonchev–Trinajstić information content (AvgIpc) is 2.19. The van der Waals surface area contributed by atoms with E-state index >= 15 is 0 Å². The second-order valence-corrected chi connectivity index (χ2v) is 3.07. The Morgan fingerprint density at radius 2 is 2.21 bits per heavy atom. The predicted molar refractivity (Wildman–Crippen MR) is 56.6 cm³/mol. The van der Waals surface area contributed by atoms with Crippen molar-refractivity contribution in [3.63, 3.8) is 0 Å². The van der Waals surface area contributed by atoms with Gasteiger partial charge in [-0.05, 0) is 26.1 Å². The molecule has 0 aliphatic rings. The van der Waals surface area contributed by atoms with Crippen molar-refractivity contribution >= 4 is 0 Å². The van der Waals surface area contributed by atoms with Crippen LogP contribution < -0.4 is 5.32 Å². The predicted octanol–water partition coefficient (Wildman–Crippen LogP) is 2.10. The summed E-state index contributed by atoms with van der Waals surface area (Å²) in [5, 5.41) is 3.00. The summed E-state index contributed by atoms with van der Waals surface area (Å²) < 4.78 is 13.1. The fourth-order valence-corrected chi connectivity index (χ4v) is 1.09. The highest BCUT2D eigenvalue weighted by atomic mass is 19.1. The molecule has 1 N–H and O–H groups in total. The first kappa shape index (κ1) is 10.7. The lowest BCUT2D eigenvalue weighted by molar-refractivity contribution is 0.618. The highest BCUT2D eigenvalue weighted by molar-refractivity contribution is 5.41. The van der Waals surface area contributed by atoms with Gasteiger partial charge in [0.05, 0.1) is 0 Å². The average molecular weight is 191 g/mol. The molecule has 1 rings (SSSR count). The summed E-state index contributed by atoms with van der Waals surface area (Å²) in [6.45, 7) is 2.61. The van der Waals surface area contributed by atoms with Gasteiger partial charge in [-0.1, -0.05) is 17.9 Å². The van der Waals surface area contributed by atoms with Crippen molar-refractivity contribution in [2.45, 2.75) is 13.3 Å². The Bertz CT molecular complexity index is 360. The van der Waals surface area contributed by atoms with E-state index in [2.05, 4.69) is 17.2 Å². The molecule has 0 aliphatic carbocycles. The van der Waals surface area contributed by atoms with Crippen LogP contribution in [0.25, 0.3) is 0 Å². The normalized spacial score (nSPS) is 9.36. The second kappa shape index (κ2) is 5.41. The Hall–Kier alpha value is -1.33. The maximum absolute atomic E-state index is 13.1. The lowest BCUT2D eigenvalue weighted by atomic mass is 10.1. The molecule has 0 fully saturated rings. The molecule has 0 atom stereocenters. The number of rotatable bonds is 2. The first-order valence-corrected chi connectivity index (χ1v) is 4.64. The van der Waals surface area contributed by atoms with Crippen molar-refractivity contribution < 1.29 is 4.39 Å². The van der Waals surface area contributed by atoms with Gasteiger partial charge in [0.25, 0.3) is 0 Å². The SMILES string of the molecule is CNCCC#Cc1cccc(F)c1C. The van der Waals surface area contributed by atoms with E-state index in [1.54, 1.807) is 13.0 Å². The van der Waals surface area contributed by atoms with Gasteiger partial charge in [0.1, 0.15) is 5.82 Å². The molecule has 74 valence electrons. The van der Waals surface area contributed by atoms with Crippen LogP contribution in [0, 0.1) is 24.6 Å². The minimum atomic E-state index is -0.189. The molecule has 1 aromatic carbocycles. The van der Waals surface area contributed by atoms with E-state index < -0.39 is 0 Å². The zero-order valence-electron chi connectivity index (χ0n) is 8.52. The van der Waals surface area contributed by atoms with Crippen molar-refractivity contribution in [2.75, 3.05) is 13.6 Å². The molecule has 0 radical (unpaired) electrons. The quantitative estimate of drug-likeness (QED) is 0.557. The molecule has 0 amide bonds. The molecular weight excluding hydrogens is 177 g/mol. The van der Waals surface area contributed by atoms with Gasteiger partial charge >= 0.3 is 0 Å². The molecule has 0 saturated heterocycles. The van der Waals surface area contributed by atoms with Crippen molar-refractivity contribution in [3.05, 3.63) is 35.1 Å². The van der Waals surface area contributed by atoms with Gasteiger partial charge in [0, 0.05) is 24.1 Å². The highest BCUT2D eigenvalue weighted by Gasteiger charge is 1.98. The molecule has 1 nitrogen and oxygen atoms in total. The Morgan fingerprint density at radius 1 is 1.43 bits per heavy atom. The molecule has 0 aromatic heterocycles. The topological polar surface area (TPSA) is 12.0 Å². The van der Waals surface area contributed by atoms with Gasteiger partial charge in [0.2, 0.25) is 0 Å². The number of hydrogen-bond acceptors (Lipinski definition) is 1. The Morgan fingerprint density at radius 3 is 2.93 bits per heavy atom. The lowest BCUT2D eigenvalue weighted by Gasteiger charge is -1.98. The lowest BCUT2D eigenvalue weighted by Crippen LogP contribution is -2.05. The zero-order valence-corrected chi connectivity index (χ0v) is 8.52. The molecule has 1 aromatic rings. The first-order valence-electron chi connectivity index (χ1n) is 4.64. The van der Waals surface area contributed by atoms with Gasteiger partial charge in [-0.25, -0.2) is 4.39 Å². The third kappa shape index (κ3) is 2.86. The molecule has 0 saturated carbocycles.